The maximum absolute atomic E-state index is 12.1. The van der Waals surface area contributed by atoms with Crippen molar-refractivity contribution >= 4 is 38.5 Å². The van der Waals surface area contributed by atoms with Gasteiger partial charge in [0.25, 0.3) is 0 Å². The summed E-state index contributed by atoms with van der Waals surface area (Å²) in [6.45, 7) is 1.62. The summed E-state index contributed by atoms with van der Waals surface area (Å²) in [6, 6.07) is 10.3. The van der Waals surface area contributed by atoms with Gasteiger partial charge in [-0.05, 0) is 49.4 Å². The molecule has 1 aromatic carbocycles. The number of benzene rings is 1. The minimum Gasteiger partial charge on any atom is -0.370 e. The molecule has 32 heavy (non-hydrogen) atoms. The van der Waals surface area contributed by atoms with E-state index in [0.717, 1.165) is 67.2 Å². The molecule has 0 unspecified atom stereocenters. The van der Waals surface area contributed by atoms with E-state index in [1.807, 2.05) is 30.3 Å². The van der Waals surface area contributed by atoms with Gasteiger partial charge in [0.2, 0.25) is 0 Å². The highest BCUT2D eigenvalue weighted by Gasteiger charge is 2.23. The van der Waals surface area contributed by atoms with Crippen LogP contribution in [0.5, 0.6) is 0 Å². The zero-order chi connectivity index (χ0) is 22.3. The van der Waals surface area contributed by atoms with E-state index in [0.29, 0.717) is 11.9 Å². The first kappa shape index (κ1) is 21.0. The minimum atomic E-state index is -3.20. The van der Waals surface area contributed by atoms with Crippen LogP contribution in [0.15, 0.2) is 36.5 Å². The minimum absolute atomic E-state index is 0.0207. The summed E-state index contributed by atoms with van der Waals surface area (Å²) in [5, 5.41) is 11.2. The van der Waals surface area contributed by atoms with Crippen molar-refractivity contribution in [2.45, 2.75) is 43.5 Å². The monoisotopic (exact) mass is 455 g/mol. The SMILES string of the molecule is CS(=O)(=O)Cc1cc(Nc2cc(NC3CC3)n3nccc3n2)ccc1N1CCC[C@@H](N)C1. The molecule has 0 radical (unpaired) electrons. The summed E-state index contributed by atoms with van der Waals surface area (Å²) in [5.74, 6) is 1.55. The first-order valence-corrected chi connectivity index (χ1v) is 13.1. The van der Waals surface area contributed by atoms with Crippen LogP contribution in [-0.4, -0.2) is 54.4 Å². The quantitative estimate of drug-likeness (QED) is 0.497. The number of aromatic nitrogens is 3. The molecule has 170 valence electrons. The third kappa shape index (κ3) is 4.81. The number of anilines is 4. The van der Waals surface area contributed by atoms with Crippen molar-refractivity contribution in [3.63, 3.8) is 0 Å². The third-order valence-corrected chi connectivity index (χ3v) is 6.69. The zero-order valence-electron chi connectivity index (χ0n) is 18.2. The molecule has 3 aromatic rings. The molecule has 1 aliphatic heterocycles. The topological polar surface area (TPSA) is 118 Å². The number of nitrogens with one attached hydrogen (secondary N) is 2. The summed E-state index contributed by atoms with van der Waals surface area (Å²) in [7, 11) is -3.20. The predicted octanol–water partition coefficient (Wildman–Crippen LogP) is 2.52. The van der Waals surface area contributed by atoms with Crippen molar-refractivity contribution in [3.05, 3.63) is 42.1 Å². The predicted molar refractivity (Wildman–Crippen MR) is 127 cm³/mol. The standard InChI is InChI=1S/C22H29N7O2S/c1-32(30,31)14-15-11-18(6-7-19(15)28-10-2-3-16(23)13-28)25-20-12-22(26-17-4-5-17)29-21(27-20)8-9-24-29/h6-9,11-12,16-17,26H,2-5,10,13-14,23H2,1H3,(H,25,27)/t16-/m1/s1. The molecule has 2 fully saturated rings. The van der Waals surface area contributed by atoms with Gasteiger partial charge in [-0.2, -0.15) is 9.61 Å². The third-order valence-electron chi connectivity index (χ3n) is 5.86. The van der Waals surface area contributed by atoms with E-state index in [-0.39, 0.29) is 11.8 Å². The number of fused-ring (bicyclic) bond motifs is 1. The molecule has 0 bridgehead atoms. The van der Waals surface area contributed by atoms with Gasteiger partial charge in [0.1, 0.15) is 11.6 Å². The summed E-state index contributed by atoms with van der Waals surface area (Å²) in [5.41, 5.74) is 9.41. The van der Waals surface area contributed by atoms with Crippen molar-refractivity contribution in [2.75, 3.05) is 34.9 Å². The Balaban J connectivity index is 1.46. The fourth-order valence-corrected chi connectivity index (χ4v) is 5.06. The number of nitrogens with zero attached hydrogens (tertiary/aromatic N) is 4. The van der Waals surface area contributed by atoms with Gasteiger partial charge in [0.05, 0.1) is 11.9 Å². The van der Waals surface area contributed by atoms with Gasteiger partial charge in [0.15, 0.2) is 15.5 Å². The number of nitrogens with two attached hydrogens (primary N) is 1. The Bertz CT molecular complexity index is 1240. The van der Waals surface area contributed by atoms with E-state index < -0.39 is 9.84 Å². The maximum Gasteiger partial charge on any atom is 0.159 e. The normalized spacial score (nSPS) is 19.3. The molecular formula is C22H29N7O2S. The van der Waals surface area contributed by atoms with E-state index in [4.69, 9.17) is 5.73 Å². The van der Waals surface area contributed by atoms with Crippen molar-refractivity contribution in [3.8, 4) is 0 Å². The molecule has 9 nitrogen and oxygen atoms in total. The van der Waals surface area contributed by atoms with E-state index in [1.165, 1.54) is 6.26 Å². The Labute approximate surface area is 187 Å². The number of rotatable bonds is 7. The molecule has 2 aromatic heterocycles. The van der Waals surface area contributed by atoms with E-state index >= 15 is 0 Å². The highest BCUT2D eigenvalue weighted by molar-refractivity contribution is 7.89. The van der Waals surface area contributed by atoms with Crippen LogP contribution >= 0.6 is 0 Å². The number of hydrogen-bond donors (Lipinski definition) is 3. The van der Waals surface area contributed by atoms with Crippen LogP contribution in [0.3, 0.4) is 0 Å². The van der Waals surface area contributed by atoms with Crippen molar-refractivity contribution in [1.82, 2.24) is 14.6 Å². The Hall–Kier alpha value is -2.85. The van der Waals surface area contributed by atoms with E-state index in [2.05, 4.69) is 25.6 Å². The molecule has 5 rings (SSSR count). The molecule has 3 heterocycles. The molecule has 0 amide bonds. The molecule has 0 spiro atoms. The van der Waals surface area contributed by atoms with Crippen LogP contribution < -0.4 is 21.3 Å². The number of hydrogen-bond acceptors (Lipinski definition) is 8. The van der Waals surface area contributed by atoms with Crippen molar-refractivity contribution < 1.29 is 8.42 Å². The van der Waals surface area contributed by atoms with E-state index in [1.54, 1.807) is 10.7 Å². The van der Waals surface area contributed by atoms with Crippen LogP contribution in [0.1, 0.15) is 31.2 Å². The maximum atomic E-state index is 12.1. The summed E-state index contributed by atoms with van der Waals surface area (Å²) in [4.78, 5) is 6.85. The molecule has 1 atom stereocenters. The molecule has 4 N–H and O–H groups in total. The van der Waals surface area contributed by atoms with Crippen LogP contribution in [0.25, 0.3) is 5.65 Å². The number of sulfone groups is 1. The van der Waals surface area contributed by atoms with Crippen LogP contribution in [0.2, 0.25) is 0 Å². The fourth-order valence-electron chi connectivity index (χ4n) is 4.26. The Morgan fingerprint density at radius 1 is 1.19 bits per heavy atom. The number of piperidine rings is 1. The smallest absolute Gasteiger partial charge is 0.159 e. The van der Waals surface area contributed by atoms with Crippen molar-refractivity contribution in [1.29, 1.82) is 0 Å². The first-order valence-electron chi connectivity index (χ1n) is 11.0. The first-order chi connectivity index (χ1) is 15.3. The van der Waals surface area contributed by atoms with Crippen LogP contribution in [0.4, 0.5) is 23.0 Å². The summed E-state index contributed by atoms with van der Waals surface area (Å²) >= 11 is 0. The van der Waals surface area contributed by atoms with Crippen LogP contribution in [-0.2, 0) is 15.6 Å². The lowest BCUT2D eigenvalue weighted by molar-refractivity contribution is 0.505. The molecule has 1 saturated heterocycles. The highest BCUT2D eigenvalue weighted by Crippen LogP contribution is 2.31. The lowest BCUT2D eigenvalue weighted by Gasteiger charge is -2.34. The van der Waals surface area contributed by atoms with Gasteiger partial charge in [-0.15, -0.1) is 0 Å². The Morgan fingerprint density at radius 3 is 2.78 bits per heavy atom. The van der Waals surface area contributed by atoms with Gasteiger partial charge in [-0.1, -0.05) is 0 Å². The lowest BCUT2D eigenvalue weighted by Crippen LogP contribution is -2.43. The second-order valence-electron chi connectivity index (χ2n) is 8.93. The average molecular weight is 456 g/mol. The van der Waals surface area contributed by atoms with Crippen molar-refractivity contribution in [2.24, 2.45) is 5.73 Å². The second kappa shape index (κ2) is 8.25. The summed E-state index contributed by atoms with van der Waals surface area (Å²) in [6.07, 6.45) is 7.31. The molecule has 2 aliphatic rings. The van der Waals surface area contributed by atoms with Crippen LogP contribution in [0, 0.1) is 0 Å². The zero-order valence-corrected chi connectivity index (χ0v) is 19.0. The highest BCUT2D eigenvalue weighted by atomic mass is 32.2. The largest absolute Gasteiger partial charge is 0.370 e. The molecule has 10 heteroatoms. The van der Waals surface area contributed by atoms with Gasteiger partial charge < -0.3 is 21.3 Å². The van der Waals surface area contributed by atoms with Gasteiger partial charge in [-0.3, -0.25) is 0 Å². The summed E-state index contributed by atoms with van der Waals surface area (Å²) < 4.78 is 26.1. The fraction of sp³-hybridized carbons (Fsp3) is 0.455. The van der Waals surface area contributed by atoms with E-state index in [9.17, 15) is 8.42 Å². The van der Waals surface area contributed by atoms with Gasteiger partial charge >= 0.3 is 0 Å². The second-order valence-corrected chi connectivity index (χ2v) is 11.1. The molecular weight excluding hydrogens is 426 g/mol. The van der Waals surface area contributed by atoms with Gasteiger partial charge in [-0.25, -0.2) is 13.4 Å². The lowest BCUT2D eigenvalue weighted by atomic mass is 10.0. The Kier molecular flexibility index (Phi) is 5.42. The Morgan fingerprint density at radius 2 is 2.03 bits per heavy atom. The molecule has 1 aliphatic carbocycles. The van der Waals surface area contributed by atoms with Gasteiger partial charge in [0, 0.05) is 54.9 Å². The molecule has 1 saturated carbocycles. The average Bonchev–Trinajstić information content (AvgIpc) is 3.40.